The van der Waals surface area contributed by atoms with Gasteiger partial charge in [-0.25, -0.2) is 0 Å². The molecule has 1 N–H and O–H groups in total. The molecule has 5 heteroatoms. The number of carbonyl (C=O) groups is 1. The Morgan fingerprint density at radius 3 is 2.61 bits per heavy atom. The Labute approximate surface area is 113 Å². The van der Waals surface area contributed by atoms with Gasteiger partial charge in [0.15, 0.2) is 0 Å². The minimum absolute atomic E-state index is 0. The number of rotatable bonds is 2. The SMILES string of the molecule is CN(C(=O)c1ccc(C#N)cc1)C1CCNC1.Cl. The maximum Gasteiger partial charge on any atom is 0.253 e. The van der Waals surface area contributed by atoms with Gasteiger partial charge < -0.3 is 10.2 Å². The van der Waals surface area contributed by atoms with Crippen molar-refractivity contribution in [2.45, 2.75) is 12.5 Å². The predicted molar refractivity (Wildman–Crippen MR) is 71.8 cm³/mol. The molecule has 0 spiro atoms. The third kappa shape index (κ3) is 3.00. The van der Waals surface area contributed by atoms with Crippen LogP contribution in [0.5, 0.6) is 0 Å². The van der Waals surface area contributed by atoms with E-state index in [2.05, 4.69) is 5.32 Å². The number of hydrogen-bond donors (Lipinski definition) is 1. The van der Waals surface area contributed by atoms with Crippen LogP contribution in [0.15, 0.2) is 24.3 Å². The van der Waals surface area contributed by atoms with Gasteiger partial charge in [-0.1, -0.05) is 0 Å². The predicted octanol–water partition coefficient (Wildman–Crippen LogP) is 1.41. The molecule has 1 aromatic carbocycles. The minimum atomic E-state index is 0. The van der Waals surface area contributed by atoms with Crippen molar-refractivity contribution in [1.82, 2.24) is 10.2 Å². The maximum absolute atomic E-state index is 12.1. The summed E-state index contributed by atoms with van der Waals surface area (Å²) in [7, 11) is 1.83. The van der Waals surface area contributed by atoms with E-state index in [1.807, 2.05) is 13.1 Å². The van der Waals surface area contributed by atoms with Crippen LogP contribution in [0.25, 0.3) is 0 Å². The molecule has 2 rings (SSSR count). The molecule has 0 saturated carbocycles. The van der Waals surface area contributed by atoms with E-state index in [9.17, 15) is 4.79 Å². The molecule has 18 heavy (non-hydrogen) atoms. The maximum atomic E-state index is 12.1. The van der Waals surface area contributed by atoms with Crippen molar-refractivity contribution in [2.24, 2.45) is 0 Å². The van der Waals surface area contributed by atoms with Crippen molar-refractivity contribution in [3.05, 3.63) is 35.4 Å². The first-order chi connectivity index (χ1) is 8.22. The molecule has 1 aromatic rings. The third-order valence-corrected chi connectivity index (χ3v) is 3.16. The zero-order valence-corrected chi connectivity index (χ0v) is 11.0. The normalized spacial score (nSPS) is 17.7. The van der Waals surface area contributed by atoms with E-state index in [1.54, 1.807) is 29.2 Å². The molecule has 1 atom stereocenters. The van der Waals surface area contributed by atoms with Gasteiger partial charge in [0, 0.05) is 25.2 Å². The van der Waals surface area contributed by atoms with Crippen LogP contribution in [0.1, 0.15) is 22.3 Å². The standard InChI is InChI=1S/C13H15N3O.ClH/c1-16(12-6-7-15-9-12)13(17)11-4-2-10(8-14)3-5-11;/h2-5,12,15H,6-7,9H2,1H3;1H. The first kappa shape index (κ1) is 14.5. The summed E-state index contributed by atoms with van der Waals surface area (Å²) < 4.78 is 0. The highest BCUT2D eigenvalue weighted by atomic mass is 35.5. The van der Waals surface area contributed by atoms with E-state index in [0.29, 0.717) is 11.1 Å². The molecule has 0 radical (unpaired) electrons. The Balaban J connectivity index is 0.00000162. The second kappa shape index (κ2) is 6.39. The monoisotopic (exact) mass is 265 g/mol. The van der Waals surface area contributed by atoms with E-state index >= 15 is 0 Å². The highest BCUT2D eigenvalue weighted by Gasteiger charge is 2.23. The van der Waals surface area contributed by atoms with Gasteiger partial charge in [-0.15, -0.1) is 12.4 Å². The van der Waals surface area contributed by atoms with Gasteiger partial charge in [0.1, 0.15) is 0 Å². The van der Waals surface area contributed by atoms with Gasteiger partial charge in [-0.05, 0) is 37.2 Å². The number of carbonyl (C=O) groups excluding carboxylic acids is 1. The number of hydrogen-bond acceptors (Lipinski definition) is 3. The first-order valence-corrected chi connectivity index (χ1v) is 5.70. The summed E-state index contributed by atoms with van der Waals surface area (Å²) in [6, 6.07) is 9.08. The lowest BCUT2D eigenvalue weighted by atomic mass is 10.1. The average Bonchev–Trinajstić information content (AvgIpc) is 2.91. The van der Waals surface area contributed by atoms with E-state index in [-0.39, 0.29) is 24.4 Å². The van der Waals surface area contributed by atoms with Crippen molar-refractivity contribution < 1.29 is 4.79 Å². The van der Waals surface area contributed by atoms with Crippen LogP contribution in [0, 0.1) is 11.3 Å². The molecular weight excluding hydrogens is 250 g/mol. The molecular formula is C13H16ClN3O. The zero-order valence-electron chi connectivity index (χ0n) is 10.2. The van der Waals surface area contributed by atoms with Gasteiger partial charge in [0.25, 0.3) is 5.91 Å². The smallest absolute Gasteiger partial charge is 0.253 e. The molecule has 1 unspecified atom stereocenters. The summed E-state index contributed by atoms with van der Waals surface area (Å²) in [5.41, 5.74) is 1.21. The van der Waals surface area contributed by atoms with E-state index in [0.717, 1.165) is 19.5 Å². The summed E-state index contributed by atoms with van der Waals surface area (Å²) in [4.78, 5) is 13.9. The Hall–Kier alpha value is -1.57. The van der Waals surface area contributed by atoms with Gasteiger partial charge in [0.05, 0.1) is 11.6 Å². The average molecular weight is 266 g/mol. The molecule has 1 aliphatic heterocycles. The number of halogens is 1. The number of amides is 1. The lowest BCUT2D eigenvalue weighted by Gasteiger charge is -2.23. The Morgan fingerprint density at radius 1 is 1.44 bits per heavy atom. The topological polar surface area (TPSA) is 56.1 Å². The first-order valence-electron chi connectivity index (χ1n) is 5.70. The summed E-state index contributed by atoms with van der Waals surface area (Å²) in [6.45, 7) is 1.83. The Morgan fingerprint density at radius 2 is 2.11 bits per heavy atom. The fourth-order valence-corrected chi connectivity index (χ4v) is 2.03. The number of benzene rings is 1. The second-order valence-electron chi connectivity index (χ2n) is 4.25. The summed E-state index contributed by atoms with van der Waals surface area (Å²) in [5.74, 6) is 0.0168. The highest BCUT2D eigenvalue weighted by molar-refractivity contribution is 5.94. The lowest BCUT2D eigenvalue weighted by molar-refractivity contribution is 0.0744. The number of nitrogens with one attached hydrogen (secondary N) is 1. The van der Waals surface area contributed by atoms with Crippen LogP contribution in [-0.2, 0) is 0 Å². The Kier molecular flexibility index (Phi) is 5.14. The quantitative estimate of drug-likeness (QED) is 0.880. The molecule has 96 valence electrons. The van der Waals surface area contributed by atoms with Crippen LogP contribution in [0.2, 0.25) is 0 Å². The summed E-state index contributed by atoms with van der Waals surface area (Å²) in [6.07, 6.45) is 0.999. The molecule has 0 bridgehead atoms. The van der Waals surface area contributed by atoms with Gasteiger partial charge in [-0.3, -0.25) is 4.79 Å². The van der Waals surface area contributed by atoms with E-state index in [4.69, 9.17) is 5.26 Å². The van der Waals surface area contributed by atoms with Gasteiger partial charge in [-0.2, -0.15) is 5.26 Å². The number of likely N-dealkylation sites (N-methyl/N-ethyl adjacent to an activating group) is 1. The summed E-state index contributed by atoms with van der Waals surface area (Å²) in [5, 5.41) is 11.9. The van der Waals surface area contributed by atoms with Crippen molar-refractivity contribution in [3.63, 3.8) is 0 Å². The molecule has 0 aromatic heterocycles. The van der Waals surface area contributed by atoms with Gasteiger partial charge in [0.2, 0.25) is 0 Å². The van der Waals surface area contributed by atoms with Crippen LogP contribution in [-0.4, -0.2) is 37.0 Å². The summed E-state index contributed by atoms with van der Waals surface area (Å²) >= 11 is 0. The lowest BCUT2D eigenvalue weighted by Crippen LogP contribution is -2.38. The van der Waals surface area contributed by atoms with E-state index < -0.39 is 0 Å². The largest absolute Gasteiger partial charge is 0.337 e. The fourth-order valence-electron chi connectivity index (χ4n) is 2.03. The van der Waals surface area contributed by atoms with E-state index in [1.165, 1.54) is 0 Å². The molecule has 1 saturated heterocycles. The molecule has 1 aliphatic rings. The Bertz CT molecular complexity index is 446. The third-order valence-electron chi connectivity index (χ3n) is 3.16. The molecule has 1 amide bonds. The van der Waals surface area contributed by atoms with Crippen LogP contribution in [0.4, 0.5) is 0 Å². The van der Waals surface area contributed by atoms with Gasteiger partial charge >= 0.3 is 0 Å². The van der Waals surface area contributed by atoms with Crippen molar-refractivity contribution >= 4 is 18.3 Å². The van der Waals surface area contributed by atoms with Crippen molar-refractivity contribution in [2.75, 3.05) is 20.1 Å². The van der Waals surface area contributed by atoms with Crippen molar-refractivity contribution in [3.8, 4) is 6.07 Å². The second-order valence-corrected chi connectivity index (χ2v) is 4.25. The molecule has 1 heterocycles. The van der Waals surface area contributed by atoms with Crippen LogP contribution in [0.3, 0.4) is 0 Å². The van der Waals surface area contributed by atoms with Crippen LogP contribution >= 0.6 is 12.4 Å². The number of nitriles is 1. The fraction of sp³-hybridized carbons (Fsp3) is 0.385. The minimum Gasteiger partial charge on any atom is -0.337 e. The van der Waals surface area contributed by atoms with Crippen LogP contribution < -0.4 is 5.32 Å². The molecule has 4 nitrogen and oxygen atoms in total. The highest BCUT2D eigenvalue weighted by Crippen LogP contribution is 2.12. The molecule has 0 aliphatic carbocycles. The number of nitrogens with zero attached hydrogens (tertiary/aromatic N) is 2. The van der Waals surface area contributed by atoms with Crippen molar-refractivity contribution in [1.29, 1.82) is 5.26 Å². The zero-order chi connectivity index (χ0) is 12.3. The molecule has 1 fully saturated rings.